The van der Waals surface area contributed by atoms with Crippen LogP contribution in [0.15, 0.2) is 42.5 Å². The summed E-state index contributed by atoms with van der Waals surface area (Å²) in [5.41, 5.74) is 1.87. The number of carbonyl (C=O) groups excluding carboxylic acids is 1. The smallest absolute Gasteiger partial charge is 0.305 e. The lowest BCUT2D eigenvalue weighted by molar-refractivity contribution is -0.140. The fraction of sp³-hybridized carbons (Fsp3) is 0.350. The van der Waals surface area contributed by atoms with E-state index in [-0.39, 0.29) is 18.4 Å². The number of ether oxygens (including phenoxy) is 3. The van der Waals surface area contributed by atoms with E-state index in [4.69, 9.17) is 9.47 Å². The SMILES string of the molecule is COC(=O)CCCCc1ccc(OCc2cccc(F)c2)c(OC)c1. The van der Waals surface area contributed by atoms with Gasteiger partial charge in [0, 0.05) is 6.42 Å². The fourth-order valence-electron chi connectivity index (χ4n) is 2.48. The Morgan fingerprint density at radius 3 is 2.56 bits per heavy atom. The van der Waals surface area contributed by atoms with Crippen molar-refractivity contribution < 1.29 is 23.4 Å². The number of rotatable bonds is 9. The van der Waals surface area contributed by atoms with Crippen molar-refractivity contribution in [3.05, 3.63) is 59.4 Å². The van der Waals surface area contributed by atoms with Gasteiger partial charge >= 0.3 is 5.97 Å². The molecule has 25 heavy (non-hydrogen) atoms. The van der Waals surface area contributed by atoms with Crippen LogP contribution in [0.5, 0.6) is 11.5 Å². The van der Waals surface area contributed by atoms with Crippen molar-refractivity contribution in [2.75, 3.05) is 14.2 Å². The molecule has 0 atom stereocenters. The summed E-state index contributed by atoms with van der Waals surface area (Å²) in [5.74, 6) is 0.793. The Morgan fingerprint density at radius 2 is 1.84 bits per heavy atom. The Labute approximate surface area is 147 Å². The minimum absolute atomic E-state index is 0.182. The highest BCUT2D eigenvalue weighted by atomic mass is 19.1. The monoisotopic (exact) mass is 346 g/mol. The maximum absolute atomic E-state index is 13.2. The second kappa shape index (κ2) is 9.67. The predicted octanol–water partition coefficient (Wildman–Crippen LogP) is 4.30. The number of aryl methyl sites for hydroxylation is 1. The first-order valence-corrected chi connectivity index (χ1v) is 8.23. The Bertz CT molecular complexity index is 700. The molecule has 2 rings (SSSR count). The summed E-state index contributed by atoms with van der Waals surface area (Å²) in [7, 11) is 2.99. The number of carbonyl (C=O) groups is 1. The van der Waals surface area contributed by atoms with Gasteiger partial charge in [0.05, 0.1) is 14.2 Å². The van der Waals surface area contributed by atoms with Crippen LogP contribution in [0.3, 0.4) is 0 Å². The minimum atomic E-state index is -0.282. The molecule has 0 saturated carbocycles. The number of benzene rings is 2. The normalized spacial score (nSPS) is 10.4. The zero-order valence-electron chi connectivity index (χ0n) is 14.6. The molecule has 0 aromatic heterocycles. The van der Waals surface area contributed by atoms with Crippen molar-refractivity contribution in [2.45, 2.75) is 32.3 Å². The predicted molar refractivity (Wildman–Crippen MR) is 93.3 cm³/mol. The molecule has 2 aromatic carbocycles. The molecule has 0 unspecified atom stereocenters. The number of unbranched alkanes of at least 4 members (excludes halogenated alkanes) is 1. The van der Waals surface area contributed by atoms with Crippen LogP contribution in [-0.4, -0.2) is 20.2 Å². The molecule has 0 saturated heterocycles. The van der Waals surface area contributed by atoms with Gasteiger partial charge in [0.25, 0.3) is 0 Å². The molecule has 5 heteroatoms. The number of hydrogen-bond donors (Lipinski definition) is 0. The first-order valence-electron chi connectivity index (χ1n) is 8.23. The molecule has 0 heterocycles. The van der Waals surface area contributed by atoms with E-state index in [2.05, 4.69) is 4.74 Å². The first-order chi connectivity index (χ1) is 12.1. The molecule has 0 radical (unpaired) electrons. The summed E-state index contributed by atoms with van der Waals surface area (Å²) in [5, 5.41) is 0. The van der Waals surface area contributed by atoms with Crippen LogP contribution in [0.1, 0.15) is 30.4 Å². The quantitative estimate of drug-likeness (QED) is 0.502. The van der Waals surface area contributed by atoms with E-state index in [1.807, 2.05) is 24.3 Å². The molecule has 4 nitrogen and oxygen atoms in total. The molecule has 134 valence electrons. The molecule has 2 aromatic rings. The molecule has 0 aliphatic rings. The van der Waals surface area contributed by atoms with Gasteiger partial charge in [0.2, 0.25) is 0 Å². The lowest BCUT2D eigenvalue weighted by Crippen LogP contribution is -2.00. The molecular formula is C20H23FO4. The highest BCUT2D eigenvalue weighted by Gasteiger charge is 2.07. The van der Waals surface area contributed by atoms with Gasteiger partial charge in [0.15, 0.2) is 11.5 Å². The third kappa shape index (κ3) is 6.10. The summed E-state index contributed by atoms with van der Waals surface area (Å²) in [4.78, 5) is 11.1. The van der Waals surface area contributed by atoms with E-state index in [1.165, 1.54) is 19.2 Å². The molecular weight excluding hydrogens is 323 g/mol. The van der Waals surface area contributed by atoms with Gasteiger partial charge in [-0.1, -0.05) is 18.2 Å². The Balaban J connectivity index is 1.91. The zero-order valence-corrected chi connectivity index (χ0v) is 14.6. The molecule has 0 amide bonds. The van der Waals surface area contributed by atoms with Gasteiger partial charge in [0.1, 0.15) is 12.4 Å². The summed E-state index contributed by atoms with van der Waals surface area (Å²) in [6.45, 7) is 0.270. The highest BCUT2D eigenvalue weighted by Crippen LogP contribution is 2.29. The van der Waals surface area contributed by atoms with Crippen molar-refractivity contribution >= 4 is 5.97 Å². The summed E-state index contributed by atoms with van der Waals surface area (Å²) < 4.78 is 29.0. The van der Waals surface area contributed by atoms with Crippen LogP contribution >= 0.6 is 0 Å². The van der Waals surface area contributed by atoms with Gasteiger partial charge < -0.3 is 14.2 Å². The lowest BCUT2D eigenvalue weighted by atomic mass is 10.1. The van der Waals surface area contributed by atoms with Gasteiger partial charge in [-0.05, 0) is 54.7 Å². The highest BCUT2D eigenvalue weighted by molar-refractivity contribution is 5.68. The summed E-state index contributed by atoms with van der Waals surface area (Å²) in [6, 6.07) is 12.1. The third-order valence-corrected chi connectivity index (χ3v) is 3.84. The van der Waals surface area contributed by atoms with Crippen molar-refractivity contribution in [2.24, 2.45) is 0 Å². The topological polar surface area (TPSA) is 44.8 Å². The molecule has 0 spiro atoms. The van der Waals surface area contributed by atoms with Crippen LogP contribution in [0, 0.1) is 5.82 Å². The average molecular weight is 346 g/mol. The first kappa shape index (κ1) is 18.8. The van der Waals surface area contributed by atoms with Crippen molar-refractivity contribution in [3.8, 4) is 11.5 Å². The zero-order chi connectivity index (χ0) is 18.1. The minimum Gasteiger partial charge on any atom is -0.493 e. The van der Waals surface area contributed by atoms with Gasteiger partial charge in [-0.25, -0.2) is 4.39 Å². The largest absolute Gasteiger partial charge is 0.493 e. The summed E-state index contributed by atoms with van der Waals surface area (Å²) >= 11 is 0. The second-order valence-corrected chi connectivity index (χ2v) is 5.69. The van der Waals surface area contributed by atoms with E-state index in [1.54, 1.807) is 13.2 Å². The standard InChI is InChI=1S/C20H23FO4/c1-23-19-13-15(6-3-4-9-20(22)24-2)10-11-18(19)25-14-16-7-5-8-17(21)12-16/h5,7-8,10-13H,3-4,6,9,14H2,1-2H3. The van der Waals surface area contributed by atoms with Gasteiger partial charge in [-0.2, -0.15) is 0 Å². The van der Waals surface area contributed by atoms with E-state index < -0.39 is 0 Å². The van der Waals surface area contributed by atoms with Crippen LogP contribution in [-0.2, 0) is 22.6 Å². The van der Waals surface area contributed by atoms with E-state index in [9.17, 15) is 9.18 Å². The van der Waals surface area contributed by atoms with Crippen LogP contribution in [0.4, 0.5) is 4.39 Å². The molecule has 0 N–H and O–H groups in total. The molecule has 0 aliphatic carbocycles. The van der Waals surface area contributed by atoms with Crippen molar-refractivity contribution in [1.29, 1.82) is 0 Å². The van der Waals surface area contributed by atoms with Crippen molar-refractivity contribution in [3.63, 3.8) is 0 Å². The van der Waals surface area contributed by atoms with Crippen molar-refractivity contribution in [1.82, 2.24) is 0 Å². The molecule has 0 aliphatic heterocycles. The summed E-state index contributed by atoms with van der Waals surface area (Å²) in [6.07, 6.45) is 2.95. The number of esters is 1. The van der Waals surface area contributed by atoms with E-state index >= 15 is 0 Å². The van der Waals surface area contributed by atoms with Crippen LogP contribution < -0.4 is 9.47 Å². The number of methoxy groups -OCH3 is 2. The Hall–Kier alpha value is -2.56. The van der Waals surface area contributed by atoms with Gasteiger partial charge in [-0.3, -0.25) is 4.79 Å². The molecule has 0 fully saturated rings. The third-order valence-electron chi connectivity index (χ3n) is 3.84. The lowest BCUT2D eigenvalue weighted by Gasteiger charge is -2.12. The average Bonchev–Trinajstić information content (AvgIpc) is 2.63. The molecule has 0 bridgehead atoms. The number of halogens is 1. The maximum atomic E-state index is 13.2. The van der Waals surface area contributed by atoms with E-state index in [0.717, 1.165) is 30.4 Å². The van der Waals surface area contributed by atoms with E-state index in [0.29, 0.717) is 17.9 Å². The maximum Gasteiger partial charge on any atom is 0.305 e. The van der Waals surface area contributed by atoms with Gasteiger partial charge in [-0.15, -0.1) is 0 Å². The number of hydrogen-bond acceptors (Lipinski definition) is 4. The van der Waals surface area contributed by atoms with Crippen LogP contribution in [0.2, 0.25) is 0 Å². The second-order valence-electron chi connectivity index (χ2n) is 5.69. The fourth-order valence-corrected chi connectivity index (χ4v) is 2.48. The Kier molecular flexibility index (Phi) is 7.26. The Morgan fingerprint density at radius 1 is 1.00 bits per heavy atom. The van der Waals surface area contributed by atoms with Crippen LogP contribution in [0.25, 0.3) is 0 Å².